The lowest BCUT2D eigenvalue weighted by Gasteiger charge is -2.27. The second-order valence-corrected chi connectivity index (χ2v) is 15.4. The van der Waals surface area contributed by atoms with E-state index in [4.69, 9.17) is 19.3 Å². The summed E-state index contributed by atoms with van der Waals surface area (Å²) >= 11 is 0. The molecule has 0 aliphatic rings. The second-order valence-electron chi connectivity index (χ2n) is 15.4. The Morgan fingerprint density at radius 3 is 1.88 bits per heavy atom. The molecule has 10 aromatic carbocycles. The molecule has 0 atom stereocenters. The summed E-state index contributed by atoms with van der Waals surface area (Å²) in [6.07, 6.45) is 0. The number of hydrogen-bond acceptors (Lipinski definition) is 5. The van der Waals surface area contributed by atoms with Gasteiger partial charge in [0.25, 0.3) is 0 Å². The molecule has 0 saturated carbocycles. The first-order valence-electron chi connectivity index (χ1n) is 20.2. The van der Waals surface area contributed by atoms with Crippen LogP contribution in [0.5, 0.6) is 5.75 Å². The van der Waals surface area contributed by atoms with Crippen LogP contribution >= 0.6 is 0 Å². The van der Waals surface area contributed by atoms with Crippen LogP contribution in [-0.2, 0) is 6.61 Å². The molecule has 0 fully saturated rings. The SMILES string of the molecule is Nc1ccc2ccc3ccc(-c4ccc(N(c5ccc6c(c5)oc5ccccc56)c5ccc6oc7ccccc7c6c5)c5ccccc45)cc3c2c1OCc1ccccc1. The van der Waals surface area contributed by atoms with Gasteiger partial charge >= 0.3 is 0 Å². The van der Waals surface area contributed by atoms with E-state index in [1.807, 2.05) is 48.5 Å². The lowest BCUT2D eigenvalue weighted by molar-refractivity contribution is 0.312. The largest absolute Gasteiger partial charge is 0.486 e. The molecule has 0 aliphatic carbocycles. The maximum absolute atomic E-state index is 6.67. The van der Waals surface area contributed by atoms with E-state index in [0.717, 1.165) is 110 Å². The third-order valence-electron chi connectivity index (χ3n) is 11.9. The number of nitrogen functional groups attached to an aromatic ring is 1. The molecule has 12 rings (SSSR count). The van der Waals surface area contributed by atoms with Gasteiger partial charge in [-0.2, -0.15) is 0 Å². The zero-order valence-corrected chi connectivity index (χ0v) is 32.4. The lowest BCUT2D eigenvalue weighted by Crippen LogP contribution is -2.10. The van der Waals surface area contributed by atoms with Crippen molar-refractivity contribution in [3.63, 3.8) is 0 Å². The Balaban J connectivity index is 1.05. The summed E-state index contributed by atoms with van der Waals surface area (Å²) in [6, 6.07) is 67.9. The monoisotopic (exact) mass is 772 g/mol. The molecule has 2 N–H and O–H groups in total. The van der Waals surface area contributed by atoms with E-state index >= 15 is 0 Å². The number of fused-ring (bicyclic) bond motifs is 10. The Labute approximate surface area is 345 Å². The van der Waals surface area contributed by atoms with E-state index in [9.17, 15) is 0 Å². The highest BCUT2D eigenvalue weighted by atomic mass is 16.5. The molecule has 0 unspecified atom stereocenters. The van der Waals surface area contributed by atoms with Gasteiger partial charge in [0.15, 0.2) is 5.75 Å². The van der Waals surface area contributed by atoms with Crippen LogP contribution in [-0.4, -0.2) is 0 Å². The van der Waals surface area contributed by atoms with Crippen LogP contribution in [0.3, 0.4) is 0 Å². The molecule has 2 aromatic heterocycles. The summed E-state index contributed by atoms with van der Waals surface area (Å²) in [7, 11) is 0. The average Bonchev–Trinajstić information content (AvgIpc) is 3.87. The van der Waals surface area contributed by atoms with E-state index in [1.165, 1.54) is 0 Å². The maximum Gasteiger partial charge on any atom is 0.151 e. The summed E-state index contributed by atoms with van der Waals surface area (Å²) < 4.78 is 19.3. The van der Waals surface area contributed by atoms with Crippen LogP contribution < -0.4 is 15.4 Å². The highest BCUT2D eigenvalue weighted by Crippen LogP contribution is 2.46. The van der Waals surface area contributed by atoms with Crippen LogP contribution in [0.15, 0.2) is 203 Å². The summed E-state index contributed by atoms with van der Waals surface area (Å²) in [5.74, 6) is 0.707. The number of ether oxygens (including phenoxy) is 1. The van der Waals surface area contributed by atoms with Crippen molar-refractivity contribution in [2.24, 2.45) is 0 Å². The maximum atomic E-state index is 6.67. The zero-order valence-electron chi connectivity index (χ0n) is 32.4. The van der Waals surface area contributed by atoms with Crippen molar-refractivity contribution in [3.8, 4) is 16.9 Å². The molecule has 12 aromatic rings. The molecule has 0 bridgehead atoms. The van der Waals surface area contributed by atoms with Gasteiger partial charge in [-0.05, 0) is 98.9 Å². The number of furan rings is 2. The highest BCUT2D eigenvalue weighted by Gasteiger charge is 2.21. The quantitative estimate of drug-likeness (QED) is 0.129. The first kappa shape index (κ1) is 34.1. The summed E-state index contributed by atoms with van der Waals surface area (Å²) in [5.41, 5.74) is 17.1. The van der Waals surface area contributed by atoms with E-state index in [2.05, 4.69) is 150 Å². The molecule has 5 nitrogen and oxygen atoms in total. The lowest BCUT2D eigenvalue weighted by atomic mass is 9.93. The van der Waals surface area contributed by atoms with Gasteiger partial charge in [-0.25, -0.2) is 0 Å². The van der Waals surface area contributed by atoms with Crippen LogP contribution in [0.25, 0.3) is 87.3 Å². The zero-order chi connectivity index (χ0) is 39.7. The molecule has 0 saturated heterocycles. The minimum absolute atomic E-state index is 0.426. The normalized spacial score (nSPS) is 11.8. The van der Waals surface area contributed by atoms with Crippen molar-refractivity contribution in [1.29, 1.82) is 0 Å². The standard InChI is InChI=1S/C55H36N2O3/c56-48-27-22-36-20-18-35-19-21-37(30-46(35)54(36)55(48)58-33-34-10-2-1-3-11-34)40-26-28-49(42-13-5-4-12-41(40)42)57(38-24-29-52-47(31-38)44-15-7-9-17-51(44)59-52)39-23-25-45-43-14-6-8-16-50(43)60-53(45)32-39/h1-32H,33,56H2. The van der Waals surface area contributed by atoms with Crippen LogP contribution in [0.4, 0.5) is 22.7 Å². The Morgan fingerprint density at radius 2 is 1.05 bits per heavy atom. The predicted octanol–water partition coefficient (Wildman–Crippen LogP) is 15.2. The van der Waals surface area contributed by atoms with Crippen LogP contribution in [0.1, 0.15) is 5.56 Å². The molecule has 5 heteroatoms. The number of para-hydroxylation sites is 2. The van der Waals surface area contributed by atoms with Gasteiger partial charge in [-0.1, -0.05) is 127 Å². The predicted molar refractivity (Wildman–Crippen MR) is 249 cm³/mol. The number of nitrogens with zero attached hydrogens (tertiary/aromatic N) is 1. The second kappa shape index (κ2) is 13.5. The van der Waals surface area contributed by atoms with Gasteiger partial charge in [0.05, 0.1) is 11.4 Å². The molecule has 0 aliphatic heterocycles. The fourth-order valence-electron chi connectivity index (χ4n) is 9.05. The van der Waals surface area contributed by atoms with Crippen molar-refractivity contribution in [2.75, 3.05) is 10.6 Å². The summed E-state index contributed by atoms with van der Waals surface area (Å²) in [6.45, 7) is 0.426. The van der Waals surface area contributed by atoms with E-state index in [1.54, 1.807) is 0 Å². The number of rotatable bonds is 7. The molecule has 0 radical (unpaired) electrons. The van der Waals surface area contributed by atoms with E-state index in [-0.39, 0.29) is 0 Å². The topological polar surface area (TPSA) is 64.8 Å². The Morgan fingerprint density at radius 1 is 0.433 bits per heavy atom. The molecule has 0 amide bonds. The van der Waals surface area contributed by atoms with Crippen molar-refractivity contribution >= 4 is 98.9 Å². The van der Waals surface area contributed by atoms with Gasteiger partial charge in [0.1, 0.15) is 28.9 Å². The first-order valence-corrected chi connectivity index (χ1v) is 20.2. The van der Waals surface area contributed by atoms with Crippen LogP contribution in [0, 0.1) is 0 Å². The molecular weight excluding hydrogens is 737 g/mol. The number of hydrogen-bond donors (Lipinski definition) is 1. The van der Waals surface area contributed by atoms with Crippen LogP contribution in [0.2, 0.25) is 0 Å². The minimum Gasteiger partial charge on any atom is -0.486 e. The van der Waals surface area contributed by atoms with E-state index in [0.29, 0.717) is 18.0 Å². The smallest absolute Gasteiger partial charge is 0.151 e. The van der Waals surface area contributed by atoms with E-state index < -0.39 is 0 Å². The van der Waals surface area contributed by atoms with Crippen molar-refractivity contribution in [2.45, 2.75) is 6.61 Å². The van der Waals surface area contributed by atoms with Crippen molar-refractivity contribution < 1.29 is 13.6 Å². The van der Waals surface area contributed by atoms with Gasteiger partial charge in [-0.3, -0.25) is 0 Å². The highest BCUT2D eigenvalue weighted by molar-refractivity contribution is 6.15. The summed E-state index contributed by atoms with van der Waals surface area (Å²) in [4.78, 5) is 2.34. The number of benzene rings is 10. The number of anilines is 4. The molecule has 284 valence electrons. The Hall–Kier alpha value is -8.02. The molecule has 2 heterocycles. The minimum atomic E-state index is 0.426. The Kier molecular flexibility index (Phi) is 7.69. The van der Waals surface area contributed by atoms with Gasteiger partial charge < -0.3 is 24.2 Å². The molecule has 60 heavy (non-hydrogen) atoms. The average molecular weight is 773 g/mol. The molecular formula is C55H36N2O3. The Bertz CT molecular complexity index is 3640. The van der Waals surface area contributed by atoms with Crippen molar-refractivity contribution in [1.82, 2.24) is 0 Å². The van der Waals surface area contributed by atoms with Gasteiger partial charge in [0, 0.05) is 49.8 Å². The molecule has 0 spiro atoms. The van der Waals surface area contributed by atoms with Crippen molar-refractivity contribution in [3.05, 3.63) is 200 Å². The fourth-order valence-corrected chi connectivity index (χ4v) is 9.05. The first-order chi connectivity index (χ1) is 29.6. The number of nitrogens with two attached hydrogens (primary N) is 1. The van der Waals surface area contributed by atoms with Gasteiger partial charge in [0.2, 0.25) is 0 Å². The third kappa shape index (κ3) is 5.48. The summed E-state index contributed by atoms with van der Waals surface area (Å²) in [5, 5.41) is 10.9. The third-order valence-corrected chi connectivity index (χ3v) is 11.9. The van der Waals surface area contributed by atoms with Gasteiger partial charge in [-0.15, -0.1) is 0 Å². The fraction of sp³-hybridized carbons (Fsp3) is 0.0182.